The van der Waals surface area contributed by atoms with Crippen LogP contribution in [-0.4, -0.2) is 12.3 Å². The quantitative estimate of drug-likeness (QED) is 0.628. The van der Waals surface area contributed by atoms with E-state index in [1.165, 1.54) is 36.4 Å². The molecule has 1 saturated carbocycles. The number of nitrogens with one attached hydrogen (secondary N) is 1. The molecule has 0 aliphatic heterocycles. The third kappa shape index (κ3) is 5.97. The molecule has 2 aromatic carbocycles. The Labute approximate surface area is 160 Å². The second-order valence-corrected chi connectivity index (χ2v) is 7.09. The molecule has 0 aromatic heterocycles. The van der Waals surface area contributed by atoms with Crippen LogP contribution < -0.4 is 10.1 Å². The van der Waals surface area contributed by atoms with Crippen LogP contribution in [0.3, 0.4) is 0 Å². The fraction of sp³-hybridized carbons (Fsp3) is 0.381. The average Bonchev–Trinajstić information content (AvgIpc) is 2.64. The number of alkyl halides is 3. The Balaban J connectivity index is 1.46. The van der Waals surface area contributed by atoms with Gasteiger partial charge in [-0.05, 0) is 79.5 Å². The maximum Gasteiger partial charge on any atom is 0.573 e. The van der Waals surface area contributed by atoms with Crippen LogP contribution in [0.15, 0.2) is 48.5 Å². The molecule has 0 unspecified atom stereocenters. The Morgan fingerprint density at radius 2 is 1.57 bits per heavy atom. The molecule has 150 valence electrons. The average molecular weight is 395 g/mol. The summed E-state index contributed by atoms with van der Waals surface area (Å²) in [5, 5.41) is 2.77. The van der Waals surface area contributed by atoms with Crippen molar-refractivity contribution in [3.8, 4) is 5.75 Å². The number of carbonyl (C=O) groups excluding carboxylic acids is 1. The molecule has 2 aromatic rings. The van der Waals surface area contributed by atoms with Crippen molar-refractivity contribution in [1.82, 2.24) is 0 Å². The van der Waals surface area contributed by atoms with Crippen molar-refractivity contribution < 1.29 is 27.1 Å². The number of hydrogen-bond donors (Lipinski definition) is 1. The molecule has 1 aliphatic carbocycles. The molecular formula is C21H21F4NO2. The minimum atomic E-state index is -4.69. The van der Waals surface area contributed by atoms with Gasteiger partial charge in [-0.25, -0.2) is 4.39 Å². The number of hydrogen-bond acceptors (Lipinski definition) is 2. The van der Waals surface area contributed by atoms with E-state index in [0.29, 0.717) is 12.1 Å². The van der Waals surface area contributed by atoms with Gasteiger partial charge in [0.25, 0.3) is 0 Å². The number of carbonyl (C=O) groups is 1. The van der Waals surface area contributed by atoms with E-state index in [0.717, 1.165) is 31.2 Å². The second-order valence-electron chi connectivity index (χ2n) is 7.09. The SMILES string of the molecule is O=C(CC1CCC(c2ccc(OC(F)(F)F)cc2)CC1)Nc1ccc(F)cc1. The van der Waals surface area contributed by atoms with E-state index in [2.05, 4.69) is 10.1 Å². The first kappa shape index (κ1) is 20.2. The molecule has 1 amide bonds. The van der Waals surface area contributed by atoms with Gasteiger partial charge in [-0.3, -0.25) is 4.79 Å². The van der Waals surface area contributed by atoms with Crippen molar-refractivity contribution in [2.45, 2.75) is 44.4 Å². The van der Waals surface area contributed by atoms with Crippen molar-refractivity contribution >= 4 is 11.6 Å². The Hall–Kier alpha value is -2.57. The monoisotopic (exact) mass is 395 g/mol. The number of rotatable bonds is 5. The van der Waals surface area contributed by atoms with Gasteiger partial charge in [-0.1, -0.05) is 12.1 Å². The van der Waals surface area contributed by atoms with Gasteiger partial charge in [-0.15, -0.1) is 13.2 Å². The first-order chi connectivity index (χ1) is 13.3. The summed E-state index contributed by atoms with van der Waals surface area (Å²) in [6, 6.07) is 11.7. The Bertz CT molecular complexity index is 780. The van der Waals surface area contributed by atoms with Crippen LogP contribution in [0.2, 0.25) is 0 Å². The van der Waals surface area contributed by atoms with E-state index in [-0.39, 0.29) is 29.3 Å². The van der Waals surface area contributed by atoms with Crippen molar-refractivity contribution in [3.63, 3.8) is 0 Å². The molecule has 0 spiro atoms. The van der Waals surface area contributed by atoms with Crippen LogP contribution in [0.25, 0.3) is 0 Å². The van der Waals surface area contributed by atoms with Crippen LogP contribution in [0.1, 0.15) is 43.6 Å². The van der Waals surface area contributed by atoms with E-state index in [4.69, 9.17) is 0 Å². The predicted molar refractivity (Wildman–Crippen MR) is 97.5 cm³/mol. The van der Waals surface area contributed by atoms with Crippen LogP contribution in [-0.2, 0) is 4.79 Å². The minimum absolute atomic E-state index is 0.0938. The van der Waals surface area contributed by atoms with Gasteiger partial charge in [0.15, 0.2) is 0 Å². The normalized spacial score (nSPS) is 19.9. The van der Waals surface area contributed by atoms with Gasteiger partial charge in [0, 0.05) is 12.1 Å². The number of benzene rings is 2. The Morgan fingerprint density at radius 3 is 2.14 bits per heavy atom. The zero-order chi connectivity index (χ0) is 20.1. The molecule has 0 atom stereocenters. The van der Waals surface area contributed by atoms with E-state index < -0.39 is 6.36 Å². The lowest BCUT2D eigenvalue weighted by Crippen LogP contribution is -2.20. The molecule has 1 aliphatic rings. The molecule has 1 fully saturated rings. The lowest BCUT2D eigenvalue weighted by Gasteiger charge is -2.28. The van der Waals surface area contributed by atoms with Crippen molar-refractivity contribution in [2.75, 3.05) is 5.32 Å². The third-order valence-corrected chi connectivity index (χ3v) is 5.03. The van der Waals surface area contributed by atoms with E-state index in [1.54, 1.807) is 12.1 Å². The fourth-order valence-electron chi connectivity index (χ4n) is 3.65. The van der Waals surface area contributed by atoms with Crippen molar-refractivity contribution in [2.24, 2.45) is 5.92 Å². The highest BCUT2D eigenvalue weighted by atomic mass is 19.4. The van der Waals surface area contributed by atoms with Gasteiger partial charge >= 0.3 is 6.36 Å². The molecule has 28 heavy (non-hydrogen) atoms. The molecule has 0 radical (unpaired) electrons. The Kier molecular flexibility index (Phi) is 6.21. The molecule has 3 nitrogen and oxygen atoms in total. The van der Waals surface area contributed by atoms with Gasteiger partial charge < -0.3 is 10.1 Å². The van der Waals surface area contributed by atoms with Crippen molar-refractivity contribution in [1.29, 1.82) is 0 Å². The lowest BCUT2D eigenvalue weighted by molar-refractivity contribution is -0.274. The first-order valence-corrected chi connectivity index (χ1v) is 9.19. The summed E-state index contributed by atoms with van der Waals surface area (Å²) in [4.78, 5) is 12.2. The van der Waals surface area contributed by atoms with Gasteiger partial charge in [0.1, 0.15) is 11.6 Å². The summed E-state index contributed by atoms with van der Waals surface area (Å²) in [5.41, 5.74) is 1.56. The summed E-state index contributed by atoms with van der Waals surface area (Å²) < 4.78 is 53.5. The number of anilines is 1. The Morgan fingerprint density at radius 1 is 0.964 bits per heavy atom. The van der Waals surface area contributed by atoms with E-state index in [9.17, 15) is 22.4 Å². The van der Waals surface area contributed by atoms with E-state index in [1.807, 2.05) is 0 Å². The zero-order valence-corrected chi connectivity index (χ0v) is 15.1. The van der Waals surface area contributed by atoms with Crippen LogP contribution in [0.4, 0.5) is 23.2 Å². The van der Waals surface area contributed by atoms with Crippen LogP contribution in [0, 0.1) is 11.7 Å². The minimum Gasteiger partial charge on any atom is -0.406 e. The molecule has 7 heteroatoms. The van der Waals surface area contributed by atoms with Crippen LogP contribution in [0.5, 0.6) is 5.75 Å². The number of ether oxygens (including phenoxy) is 1. The maximum absolute atomic E-state index is 12.9. The second kappa shape index (κ2) is 8.63. The number of halogens is 4. The zero-order valence-electron chi connectivity index (χ0n) is 15.1. The first-order valence-electron chi connectivity index (χ1n) is 9.19. The molecule has 3 rings (SSSR count). The summed E-state index contributed by atoms with van der Waals surface area (Å²) in [6.45, 7) is 0. The summed E-state index contributed by atoms with van der Waals surface area (Å²) in [5.74, 6) is -0.124. The fourth-order valence-corrected chi connectivity index (χ4v) is 3.65. The molecule has 0 heterocycles. The smallest absolute Gasteiger partial charge is 0.406 e. The van der Waals surface area contributed by atoms with E-state index >= 15 is 0 Å². The van der Waals surface area contributed by atoms with Crippen LogP contribution >= 0.6 is 0 Å². The highest BCUT2D eigenvalue weighted by molar-refractivity contribution is 5.90. The summed E-state index contributed by atoms with van der Waals surface area (Å²) in [6.07, 6.45) is -0.761. The maximum atomic E-state index is 12.9. The molecule has 0 bridgehead atoms. The highest BCUT2D eigenvalue weighted by Gasteiger charge is 2.31. The standard InChI is InChI=1S/C21H21F4NO2/c22-17-7-9-18(10-8-17)26-20(27)13-14-1-3-15(4-2-14)16-5-11-19(12-6-16)28-21(23,24)25/h5-12,14-15H,1-4,13H2,(H,26,27). The highest BCUT2D eigenvalue weighted by Crippen LogP contribution is 2.38. The number of amides is 1. The third-order valence-electron chi connectivity index (χ3n) is 5.03. The molecular weight excluding hydrogens is 374 g/mol. The van der Waals surface area contributed by atoms with Gasteiger partial charge in [0.2, 0.25) is 5.91 Å². The summed E-state index contributed by atoms with van der Waals surface area (Å²) in [7, 11) is 0. The van der Waals surface area contributed by atoms with Gasteiger partial charge in [-0.2, -0.15) is 0 Å². The molecule has 1 N–H and O–H groups in total. The largest absolute Gasteiger partial charge is 0.573 e. The van der Waals surface area contributed by atoms with Gasteiger partial charge in [0.05, 0.1) is 0 Å². The lowest BCUT2D eigenvalue weighted by atomic mass is 9.77. The van der Waals surface area contributed by atoms with Crippen molar-refractivity contribution in [3.05, 3.63) is 59.9 Å². The topological polar surface area (TPSA) is 38.3 Å². The summed E-state index contributed by atoms with van der Waals surface area (Å²) >= 11 is 0. The predicted octanol–water partition coefficient (Wildman–Crippen LogP) is 6.03. The molecule has 0 saturated heterocycles.